The Bertz CT molecular complexity index is 1210. The van der Waals surface area contributed by atoms with Crippen molar-refractivity contribution in [1.82, 2.24) is 10.3 Å². The standard InChI is InChI=1S/C23H25N3O6S/c1-15(2)25-23(27)16-5-12-22(24-14-16)32-18-8-6-17(7-9-18)26-33(28,29)19-10-11-20(30-3)21(13-19)31-4/h5-15,26H,1-4H3,(H,25,27). The second-order valence-corrected chi connectivity index (χ2v) is 8.94. The van der Waals surface area contributed by atoms with Crippen LogP contribution in [0.2, 0.25) is 0 Å². The van der Waals surface area contributed by atoms with Crippen LogP contribution in [0.25, 0.3) is 0 Å². The van der Waals surface area contributed by atoms with Crippen molar-refractivity contribution in [3.63, 3.8) is 0 Å². The van der Waals surface area contributed by atoms with E-state index in [0.29, 0.717) is 34.4 Å². The van der Waals surface area contributed by atoms with Crippen LogP contribution in [0.1, 0.15) is 24.2 Å². The smallest absolute Gasteiger partial charge is 0.262 e. The highest BCUT2D eigenvalue weighted by Gasteiger charge is 2.17. The summed E-state index contributed by atoms with van der Waals surface area (Å²) in [4.78, 5) is 16.2. The molecule has 0 bridgehead atoms. The summed E-state index contributed by atoms with van der Waals surface area (Å²) < 4.78 is 43.9. The zero-order chi connectivity index (χ0) is 24.0. The molecule has 0 aliphatic rings. The van der Waals surface area contributed by atoms with Crippen LogP contribution in [0.15, 0.2) is 65.7 Å². The van der Waals surface area contributed by atoms with Gasteiger partial charge in [-0.15, -0.1) is 0 Å². The lowest BCUT2D eigenvalue weighted by molar-refractivity contribution is 0.0942. The van der Waals surface area contributed by atoms with E-state index in [0.717, 1.165) is 0 Å². The number of pyridine rings is 1. The van der Waals surface area contributed by atoms with Gasteiger partial charge >= 0.3 is 0 Å². The third kappa shape index (κ3) is 6.13. The van der Waals surface area contributed by atoms with Crippen molar-refractivity contribution in [2.75, 3.05) is 18.9 Å². The van der Waals surface area contributed by atoms with Crippen molar-refractivity contribution in [1.29, 1.82) is 0 Å². The number of nitrogens with one attached hydrogen (secondary N) is 2. The van der Waals surface area contributed by atoms with Crippen LogP contribution in [0, 0.1) is 0 Å². The van der Waals surface area contributed by atoms with E-state index in [2.05, 4.69) is 15.0 Å². The van der Waals surface area contributed by atoms with Gasteiger partial charge in [-0.1, -0.05) is 0 Å². The van der Waals surface area contributed by atoms with Crippen LogP contribution >= 0.6 is 0 Å². The summed E-state index contributed by atoms with van der Waals surface area (Å²) in [6, 6.07) is 13.9. The highest BCUT2D eigenvalue weighted by atomic mass is 32.2. The van der Waals surface area contributed by atoms with Gasteiger partial charge in [0.2, 0.25) is 5.88 Å². The average Bonchev–Trinajstić information content (AvgIpc) is 2.79. The second kappa shape index (κ2) is 10.2. The van der Waals surface area contributed by atoms with E-state index >= 15 is 0 Å². The summed E-state index contributed by atoms with van der Waals surface area (Å²) in [5, 5.41) is 2.79. The molecule has 2 N–H and O–H groups in total. The van der Waals surface area contributed by atoms with Crippen LogP contribution in [0.5, 0.6) is 23.1 Å². The van der Waals surface area contributed by atoms with Gasteiger partial charge in [-0.2, -0.15) is 0 Å². The number of hydrogen-bond donors (Lipinski definition) is 2. The fourth-order valence-electron chi connectivity index (χ4n) is 2.83. The predicted molar refractivity (Wildman–Crippen MR) is 124 cm³/mol. The normalized spacial score (nSPS) is 11.1. The Morgan fingerprint density at radius 3 is 2.21 bits per heavy atom. The maximum Gasteiger partial charge on any atom is 0.262 e. The number of carbonyl (C=O) groups excluding carboxylic acids is 1. The number of anilines is 1. The molecule has 10 heteroatoms. The number of aromatic nitrogens is 1. The summed E-state index contributed by atoms with van der Waals surface area (Å²) in [6.45, 7) is 3.75. The summed E-state index contributed by atoms with van der Waals surface area (Å²) in [6.07, 6.45) is 1.43. The first-order valence-electron chi connectivity index (χ1n) is 10.0. The van der Waals surface area contributed by atoms with Crippen LogP contribution in [-0.4, -0.2) is 39.6 Å². The van der Waals surface area contributed by atoms with E-state index in [9.17, 15) is 13.2 Å². The molecule has 0 saturated heterocycles. The molecule has 33 heavy (non-hydrogen) atoms. The SMILES string of the molecule is COc1ccc(S(=O)(=O)Nc2ccc(Oc3ccc(C(=O)NC(C)C)cn3)cc2)cc1OC. The van der Waals surface area contributed by atoms with Crippen LogP contribution in [0.4, 0.5) is 5.69 Å². The summed E-state index contributed by atoms with van der Waals surface area (Å²) in [7, 11) is -0.934. The minimum absolute atomic E-state index is 0.0242. The lowest BCUT2D eigenvalue weighted by Gasteiger charge is -2.12. The number of rotatable bonds is 9. The van der Waals surface area contributed by atoms with Gasteiger partial charge in [-0.3, -0.25) is 9.52 Å². The van der Waals surface area contributed by atoms with Gasteiger partial charge in [0.1, 0.15) is 5.75 Å². The van der Waals surface area contributed by atoms with E-state index in [1.54, 1.807) is 36.4 Å². The van der Waals surface area contributed by atoms with Crippen molar-refractivity contribution in [2.24, 2.45) is 0 Å². The van der Waals surface area contributed by atoms with Gasteiger partial charge in [0, 0.05) is 30.1 Å². The molecule has 3 rings (SSSR count). The molecule has 174 valence electrons. The number of nitrogens with zero attached hydrogens (tertiary/aromatic N) is 1. The number of methoxy groups -OCH3 is 2. The van der Waals surface area contributed by atoms with Gasteiger partial charge in [0.05, 0.1) is 24.7 Å². The van der Waals surface area contributed by atoms with Gasteiger partial charge < -0.3 is 19.5 Å². The van der Waals surface area contributed by atoms with E-state index in [-0.39, 0.29) is 16.8 Å². The maximum absolute atomic E-state index is 12.7. The van der Waals surface area contributed by atoms with Crippen molar-refractivity contribution in [2.45, 2.75) is 24.8 Å². The third-order valence-corrected chi connectivity index (χ3v) is 5.79. The topological polar surface area (TPSA) is 116 Å². The second-order valence-electron chi connectivity index (χ2n) is 7.26. The lowest BCUT2D eigenvalue weighted by Crippen LogP contribution is -2.30. The van der Waals surface area contributed by atoms with Crippen molar-refractivity contribution in [3.05, 3.63) is 66.4 Å². The molecule has 9 nitrogen and oxygen atoms in total. The fourth-order valence-corrected chi connectivity index (χ4v) is 3.90. The zero-order valence-electron chi connectivity index (χ0n) is 18.7. The molecular weight excluding hydrogens is 446 g/mol. The molecule has 0 spiro atoms. The summed E-state index contributed by atoms with van der Waals surface area (Å²) >= 11 is 0. The maximum atomic E-state index is 12.7. The number of ether oxygens (including phenoxy) is 3. The number of carbonyl (C=O) groups is 1. The van der Waals surface area contributed by atoms with Gasteiger partial charge in [0.15, 0.2) is 11.5 Å². The quantitative estimate of drug-likeness (QED) is 0.487. The van der Waals surface area contributed by atoms with Crippen molar-refractivity contribution in [3.8, 4) is 23.1 Å². The molecule has 1 aromatic heterocycles. The van der Waals surface area contributed by atoms with E-state index < -0.39 is 10.0 Å². The van der Waals surface area contributed by atoms with Gasteiger partial charge in [0.25, 0.3) is 15.9 Å². The molecule has 3 aromatic rings. The van der Waals surface area contributed by atoms with E-state index in [1.807, 2.05) is 13.8 Å². The average molecular weight is 472 g/mol. The molecule has 0 unspecified atom stereocenters. The van der Waals surface area contributed by atoms with E-state index in [1.165, 1.54) is 38.6 Å². The number of amides is 1. The Hall–Kier alpha value is -3.79. The monoisotopic (exact) mass is 471 g/mol. The Morgan fingerprint density at radius 2 is 1.64 bits per heavy atom. The number of sulfonamides is 1. The van der Waals surface area contributed by atoms with Crippen LogP contribution in [-0.2, 0) is 10.0 Å². The summed E-state index contributed by atoms with van der Waals surface area (Å²) in [5.41, 5.74) is 0.779. The molecule has 1 heterocycles. The highest BCUT2D eigenvalue weighted by molar-refractivity contribution is 7.92. The molecule has 2 aromatic carbocycles. The number of hydrogen-bond acceptors (Lipinski definition) is 7. The van der Waals surface area contributed by atoms with Crippen molar-refractivity contribution < 1.29 is 27.4 Å². The first kappa shape index (κ1) is 23.9. The Morgan fingerprint density at radius 1 is 0.939 bits per heavy atom. The largest absolute Gasteiger partial charge is 0.493 e. The minimum Gasteiger partial charge on any atom is -0.493 e. The first-order valence-corrected chi connectivity index (χ1v) is 11.5. The molecule has 0 fully saturated rings. The van der Waals surface area contributed by atoms with Gasteiger partial charge in [-0.05, 0) is 56.3 Å². The molecule has 0 saturated carbocycles. The third-order valence-electron chi connectivity index (χ3n) is 4.41. The lowest BCUT2D eigenvalue weighted by atomic mass is 10.2. The highest BCUT2D eigenvalue weighted by Crippen LogP contribution is 2.30. The first-order chi connectivity index (χ1) is 15.7. The molecule has 1 amide bonds. The Balaban J connectivity index is 1.67. The molecule has 0 aliphatic carbocycles. The molecule has 0 aliphatic heterocycles. The molecule has 0 radical (unpaired) electrons. The fraction of sp³-hybridized carbons (Fsp3) is 0.217. The number of benzene rings is 2. The Labute approximate surface area is 192 Å². The van der Waals surface area contributed by atoms with Gasteiger partial charge in [-0.25, -0.2) is 13.4 Å². The van der Waals surface area contributed by atoms with Crippen molar-refractivity contribution >= 4 is 21.6 Å². The zero-order valence-corrected chi connectivity index (χ0v) is 19.5. The Kier molecular flexibility index (Phi) is 7.39. The van der Waals surface area contributed by atoms with E-state index in [4.69, 9.17) is 14.2 Å². The molecule has 0 atom stereocenters. The predicted octanol–water partition coefficient (Wildman–Crippen LogP) is 3.83. The molecular formula is C23H25N3O6S. The van der Waals surface area contributed by atoms with Crippen LogP contribution in [0.3, 0.4) is 0 Å². The minimum atomic E-state index is -3.84. The van der Waals surface area contributed by atoms with Crippen LogP contribution < -0.4 is 24.2 Å². The summed E-state index contributed by atoms with van der Waals surface area (Å²) in [5.74, 6) is 1.28.